The Morgan fingerprint density at radius 1 is 1.31 bits per heavy atom. The first-order valence-electron chi connectivity index (χ1n) is 8.91. The Hall–Kier alpha value is -1.01. The van der Waals surface area contributed by atoms with Gasteiger partial charge >= 0.3 is 0 Å². The van der Waals surface area contributed by atoms with Crippen LogP contribution >= 0.6 is 24.8 Å². The molecule has 2 rings (SSSR count). The summed E-state index contributed by atoms with van der Waals surface area (Å²) in [6.07, 6.45) is 1.67. The molecule has 0 saturated carbocycles. The lowest BCUT2D eigenvalue weighted by molar-refractivity contribution is -0.136. The summed E-state index contributed by atoms with van der Waals surface area (Å²) in [4.78, 5) is 15.0. The van der Waals surface area contributed by atoms with Gasteiger partial charge in [-0.2, -0.15) is 0 Å². The fraction of sp³-hybridized carbons (Fsp3) is 0.632. The number of nitrogens with one attached hydrogen (secondary N) is 2. The van der Waals surface area contributed by atoms with E-state index < -0.39 is 0 Å². The molecule has 1 saturated heterocycles. The lowest BCUT2D eigenvalue weighted by atomic mass is 9.78. The lowest BCUT2D eigenvalue weighted by Gasteiger charge is -2.35. The average Bonchev–Trinajstić information content (AvgIpc) is 2.59. The van der Waals surface area contributed by atoms with Crippen molar-refractivity contribution in [2.24, 2.45) is 5.41 Å². The molecule has 1 aliphatic heterocycles. The third kappa shape index (κ3) is 6.62. The van der Waals surface area contributed by atoms with E-state index in [1.165, 1.54) is 11.3 Å². The minimum Gasteiger partial charge on any atom is -0.384 e. The monoisotopic (exact) mass is 405 g/mol. The Labute approximate surface area is 170 Å². The number of likely N-dealkylation sites (N-methyl/N-ethyl adjacent to an activating group) is 1. The fourth-order valence-electron chi connectivity index (χ4n) is 3.40. The zero-order chi connectivity index (χ0) is 17.4. The van der Waals surface area contributed by atoms with Crippen LogP contribution in [0.4, 0.5) is 5.69 Å². The maximum absolute atomic E-state index is 12.7. The van der Waals surface area contributed by atoms with E-state index in [1.54, 1.807) is 7.11 Å². The van der Waals surface area contributed by atoms with Crippen LogP contribution in [-0.2, 0) is 9.53 Å². The minimum absolute atomic E-state index is 0. The molecular formula is C19H33Cl2N3O2. The van der Waals surface area contributed by atoms with Gasteiger partial charge in [0.1, 0.15) is 0 Å². The van der Waals surface area contributed by atoms with Crippen LogP contribution in [-0.4, -0.2) is 52.3 Å². The Kier molecular flexibility index (Phi) is 11.9. The predicted octanol–water partition coefficient (Wildman–Crippen LogP) is 2.80. The normalized spacial score (nSPS) is 15.3. The van der Waals surface area contributed by atoms with E-state index >= 15 is 0 Å². The van der Waals surface area contributed by atoms with Gasteiger partial charge in [-0.25, -0.2) is 0 Å². The Balaban J connectivity index is 0.00000312. The number of benzene rings is 1. The van der Waals surface area contributed by atoms with Gasteiger partial charge in [-0.05, 0) is 57.5 Å². The largest absolute Gasteiger partial charge is 0.384 e. The number of methoxy groups -OCH3 is 1. The van der Waals surface area contributed by atoms with Crippen LogP contribution < -0.4 is 15.5 Å². The molecule has 0 atom stereocenters. The molecule has 1 fully saturated rings. The van der Waals surface area contributed by atoms with Crippen LogP contribution in [0.15, 0.2) is 24.3 Å². The molecule has 1 aromatic carbocycles. The third-order valence-electron chi connectivity index (χ3n) is 4.88. The van der Waals surface area contributed by atoms with Crippen LogP contribution in [0.25, 0.3) is 0 Å². The number of halogens is 2. The van der Waals surface area contributed by atoms with Crippen molar-refractivity contribution in [3.05, 3.63) is 29.8 Å². The summed E-state index contributed by atoms with van der Waals surface area (Å²) in [6, 6.07) is 8.49. The molecule has 0 bridgehead atoms. The van der Waals surface area contributed by atoms with Crippen molar-refractivity contribution in [3.8, 4) is 0 Å². The Morgan fingerprint density at radius 3 is 2.58 bits per heavy atom. The molecule has 0 radical (unpaired) electrons. The number of aryl methyl sites for hydroxylation is 1. The molecule has 1 aromatic rings. The zero-order valence-electron chi connectivity index (χ0n) is 16.0. The molecule has 150 valence electrons. The van der Waals surface area contributed by atoms with Crippen LogP contribution in [0.5, 0.6) is 0 Å². The average molecular weight is 406 g/mol. The Morgan fingerprint density at radius 2 is 2.00 bits per heavy atom. The van der Waals surface area contributed by atoms with Gasteiger partial charge in [-0.15, -0.1) is 24.8 Å². The van der Waals surface area contributed by atoms with Gasteiger partial charge in [0.2, 0.25) is 5.91 Å². The second-order valence-electron chi connectivity index (χ2n) is 6.64. The summed E-state index contributed by atoms with van der Waals surface area (Å²) in [5.74, 6) is 0.131. The van der Waals surface area contributed by atoms with Crippen molar-refractivity contribution in [2.75, 3.05) is 51.3 Å². The molecule has 0 unspecified atom stereocenters. The summed E-state index contributed by atoms with van der Waals surface area (Å²) < 4.78 is 5.34. The molecule has 5 nitrogen and oxygen atoms in total. The number of piperidine rings is 1. The van der Waals surface area contributed by atoms with E-state index in [0.717, 1.165) is 39.0 Å². The van der Waals surface area contributed by atoms with Gasteiger partial charge in [0.25, 0.3) is 0 Å². The standard InChI is InChI=1S/C19H31N3O2.2ClH/c1-4-22(17-7-5-6-16(2)14-17)13-12-21-18(23)19(15-24-3)8-10-20-11-9-19;;/h5-7,14,20H,4,8-13,15H2,1-3H3,(H,21,23);2*1H. The number of anilines is 1. The van der Waals surface area contributed by atoms with Crippen molar-refractivity contribution in [2.45, 2.75) is 26.7 Å². The quantitative estimate of drug-likeness (QED) is 0.697. The second-order valence-corrected chi connectivity index (χ2v) is 6.64. The molecular weight excluding hydrogens is 373 g/mol. The van der Waals surface area contributed by atoms with Crippen molar-refractivity contribution in [1.82, 2.24) is 10.6 Å². The number of amides is 1. The third-order valence-corrected chi connectivity index (χ3v) is 4.88. The van der Waals surface area contributed by atoms with Crippen molar-refractivity contribution in [3.63, 3.8) is 0 Å². The van der Waals surface area contributed by atoms with E-state index in [9.17, 15) is 4.79 Å². The summed E-state index contributed by atoms with van der Waals surface area (Å²) in [5.41, 5.74) is 2.09. The van der Waals surface area contributed by atoms with Crippen molar-refractivity contribution < 1.29 is 9.53 Å². The van der Waals surface area contributed by atoms with E-state index in [2.05, 4.69) is 53.6 Å². The van der Waals surface area contributed by atoms with Gasteiger partial charge in [-0.3, -0.25) is 4.79 Å². The SMILES string of the molecule is CCN(CCNC(=O)C1(COC)CCNCC1)c1cccc(C)c1.Cl.Cl. The summed E-state index contributed by atoms with van der Waals surface area (Å²) in [6.45, 7) is 8.88. The van der Waals surface area contributed by atoms with Crippen LogP contribution in [0.3, 0.4) is 0 Å². The summed E-state index contributed by atoms with van der Waals surface area (Å²) >= 11 is 0. The van der Waals surface area contributed by atoms with E-state index in [0.29, 0.717) is 13.2 Å². The Bertz CT molecular complexity index is 532. The number of carbonyl (C=O) groups is 1. The summed E-state index contributed by atoms with van der Waals surface area (Å²) in [7, 11) is 1.67. The molecule has 26 heavy (non-hydrogen) atoms. The van der Waals surface area contributed by atoms with E-state index in [4.69, 9.17) is 4.74 Å². The number of hydrogen-bond acceptors (Lipinski definition) is 4. The summed E-state index contributed by atoms with van der Waals surface area (Å²) in [5, 5.41) is 6.46. The van der Waals surface area contributed by atoms with Gasteiger partial charge in [0.05, 0.1) is 12.0 Å². The van der Waals surface area contributed by atoms with Gasteiger partial charge in [-0.1, -0.05) is 12.1 Å². The van der Waals surface area contributed by atoms with Crippen LogP contribution in [0.2, 0.25) is 0 Å². The number of hydrogen-bond donors (Lipinski definition) is 2. The van der Waals surface area contributed by atoms with Crippen LogP contribution in [0, 0.1) is 12.3 Å². The number of carbonyl (C=O) groups excluding carboxylic acids is 1. The van der Waals surface area contributed by atoms with Crippen molar-refractivity contribution >= 4 is 36.4 Å². The molecule has 1 aliphatic rings. The molecule has 0 spiro atoms. The smallest absolute Gasteiger partial charge is 0.228 e. The van der Waals surface area contributed by atoms with Crippen molar-refractivity contribution in [1.29, 1.82) is 0 Å². The van der Waals surface area contributed by atoms with Gasteiger partial charge in [0, 0.05) is 32.4 Å². The van der Waals surface area contributed by atoms with Gasteiger partial charge in [0.15, 0.2) is 0 Å². The highest BCUT2D eigenvalue weighted by atomic mass is 35.5. The maximum atomic E-state index is 12.7. The molecule has 0 aliphatic carbocycles. The highest BCUT2D eigenvalue weighted by Crippen LogP contribution is 2.29. The topological polar surface area (TPSA) is 53.6 Å². The predicted molar refractivity (Wildman–Crippen MR) is 113 cm³/mol. The number of ether oxygens (including phenoxy) is 1. The minimum atomic E-state index is -0.375. The molecule has 7 heteroatoms. The van der Waals surface area contributed by atoms with Gasteiger partial charge < -0.3 is 20.3 Å². The first kappa shape index (κ1) is 25.0. The molecule has 2 N–H and O–H groups in total. The molecule has 0 aromatic heterocycles. The zero-order valence-corrected chi connectivity index (χ0v) is 17.7. The highest BCUT2D eigenvalue weighted by molar-refractivity contribution is 5.85. The second kappa shape index (κ2) is 12.4. The molecule has 1 amide bonds. The maximum Gasteiger partial charge on any atom is 0.228 e. The number of rotatable bonds is 8. The first-order chi connectivity index (χ1) is 11.6. The first-order valence-corrected chi connectivity index (χ1v) is 8.91. The highest BCUT2D eigenvalue weighted by Gasteiger charge is 2.39. The fourth-order valence-corrected chi connectivity index (χ4v) is 3.40. The van der Waals surface area contributed by atoms with Crippen LogP contribution in [0.1, 0.15) is 25.3 Å². The lowest BCUT2D eigenvalue weighted by Crippen LogP contribution is -2.51. The number of nitrogens with zero attached hydrogens (tertiary/aromatic N) is 1. The van der Waals surface area contributed by atoms with E-state index in [1.807, 2.05) is 0 Å². The van der Waals surface area contributed by atoms with E-state index in [-0.39, 0.29) is 36.1 Å². The molecule has 1 heterocycles.